The number of Topliss-reactive ketones (excluding diaryl/α,β-unsaturated/α-hetero) is 1. The summed E-state index contributed by atoms with van der Waals surface area (Å²) in [7, 11) is 0. The molecule has 0 aromatic rings. The largest absolute Gasteiger partial charge is 0.461 e. The zero-order valence-corrected chi connectivity index (χ0v) is 16.8. The quantitative estimate of drug-likeness (QED) is 0.760. The van der Waals surface area contributed by atoms with Crippen LogP contribution in [-0.2, 0) is 14.3 Å². The average molecular weight is 360 g/mol. The van der Waals surface area contributed by atoms with Crippen LogP contribution in [0.4, 0.5) is 0 Å². The van der Waals surface area contributed by atoms with Crippen LogP contribution in [0.3, 0.4) is 0 Å². The van der Waals surface area contributed by atoms with Crippen molar-refractivity contribution in [2.75, 3.05) is 0 Å². The van der Waals surface area contributed by atoms with E-state index in [-0.39, 0.29) is 29.5 Å². The van der Waals surface area contributed by atoms with Crippen LogP contribution in [0.5, 0.6) is 0 Å². The monoisotopic (exact) mass is 360 g/mol. The molecular formula is C22H32O4. The van der Waals surface area contributed by atoms with E-state index in [9.17, 15) is 14.7 Å². The maximum absolute atomic E-state index is 13.4. The van der Waals surface area contributed by atoms with Gasteiger partial charge in [-0.3, -0.25) is 9.59 Å². The minimum atomic E-state index is -0.909. The summed E-state index contributed by atoms with van der Waals surface area (Å²) in [4.78, 5) is 25.4. The smallest absolute Gasteiger partial charge is 0.302 e. The topological polar surface area (TPSA) is 63.6 Å². The van der Waals surface area contributed by atoms with Gasteiger partial charge in [-0.1, -0.05) is 44.6 Å². The van der Waals surface area contributed by atoms with Crippen molar-refractivity contribution in [2.24, 2.45) is 28.6 Å². The molecule has 0 amide bonds. The molecule has 26 heavy (non-hydrogen) atoms. The Hall–Kier alpha value is -1.42. The number of carbonyl (C=O) groups excluding carboxylic acids is 2. The molecule has 4 heteroatoms. The minimum Gasteiger partial charge on any atom is -0.461 e. The van der Waals surface area contributed by atoms with Crippen molar-refractivity contribution >= 4 is 11.8 Å². The number of esters is 1. The van der Waals surface area contributed by atoms with Crippen LogP contribution < -0.4 is 0 Å². The molecular weight excluding hydrogens is 328 g/mol. The third kappa shape index (κ3) is 2.52. The van der Waals surface area contributed by atoms with Crippen molar-refractivity contribution in [1.29, 1.82) is 0 Å². The van der Waals surface area contributed by atoms with E-state index < -0.39 is 22.5 Å². The zero-order valence-electron chi connectivity index (χ0n) is 16.8. The van der Waals surface area contributed by atoms with E-state index in [1.807, 2.05) is 45.9 Å². The summed E-state index contributed by atoms with van der Waals surface area (Å²) < 4.78 is 5.94. The van der Waals surface area contributed by atoms with Gasteiger partial charge in [0.15, 0.2) is 0 Å². The molecule has 0 aromatic carbocycles. The van der Waals surface area contributed by atoms with E-state index in [1.165, 1.54) is 6.92 Å². The second kappa shape index (κ2) is 6.05. The molecule has 0 radical (unpaired) electrons. The predicted molar refractivity (Wildman–Crippen MR) is 100 cm³/mol. The van der Waals surface area contributed by atoms with Gasteiger partial charge >= 0.3 is 5.97 Å². The van der Waals surface area contributed by atoms with Gasteiger partial charge in [-0.05, 0) is 32.6 Å². The van der Waals surface area contributed by atoms with Crippen molar-refractivity contribution in [3.05, 3.63) is 23.8 Å². The van der Waals surface area contributed by atoms with Crippen LogP contribution in [0.1, 0.15) is 60.8 Å². The summed E-state index contributed by atoms with van der Waals surface area (Å²) >= 11 is 0. The first-order chi connectivity index (χ1) is 12.0. The van der Waals surface area contributed by atoms with E-state index in [1.54, 1.807) is 0 Å². The Morgan fingerprint density at radius 1 is 1.31 bits per heavy atom. The second-order valence-electron chi connectivity index (χ2n) is 9.39. The molecule has 6 atom stereocenters. The van der Waals surface area contributed by atoms with E-state index in [0.717, 1.165) is 12.0 Å². The molecule has 4 nitrogen and oxygen atoms in total. The predicted octanol–water partition coefficient (Wildman–Crippen LogP) is 3.83. The Morgan fingerprint density at radius 3 is 2.54 bits per heavy atom. The summed E-state index contributed by atoms with van der Waals surface area (Å²) in [5.74, 6) is -0.545. The van der Waals surface area contributed by atoms with Crippen molar-refractivity contribution < 1.29 is 19.4 Å². The molecule has 2 saturated carbocycles. The van der Waals surface area contributed by atoms with Crippen molar-refractivity contribution in [1.82, 2.24) is 0 Å². The summed E-state index contributed by atoms with van der Waals surface area (Å²) in [5, 5.41) is 11.5. The molecule has 2 fully saturated rings. The number of rotatable bonds is 2. The highest BCUT2D eigenvalue weighted by Gasteiger charge is 2.66. The van der Waals surface area contributed by atoms with Crippen molar-refractivity contribution in [3.8, 4) is 0 Å². The summed E-state index contributed by atoms with van der Waals surface area (Å²) in [6, 6.07) is 0. The lowest BCUT2D eigenvalue weighted by Crippen LogP contribution is -2.50. The molecule has 0 heterocycles. The SMILES string of the molecule is CC(=O)O[C@H]1C2C(C)=CC=CC2(C)C(=O)C[C@@H]2[C@]1(C)CC[C@@]2(O)C(C)C. The molecule has 0 spiro atoms. The number of hydrogen-bond acceptors (Lipinski definition) is 4. The van der Waals surface area contributed by atoms with E-state index in [0.29, 0.717) is 12.8 Å². The van der Waals surface area contributed by atoms with Crippen LogP contribution in [0.15, 0.2) is 23.8 Å². The zero-order chi connectivity index (χ0) is 19.5. The number of ketones is 1. The molecule has 0 saturated heterocycles. The molecule has 3 aliphatic carbocycles. The molecule has 144 valence electrons. The van der Waals surface area contributed by atoms with Gasteiger partial charge in [-0.2, -0.15) is 0 Å². The Morgan fingerprint density at radius 2 is 1.96 bits per heavy atom. The van der Waals surface area contributed by atoms with Crippen LogP contribution in [-0.4, -0.2) is 28.6 Å². The molecule has 3 aliphatic rings. The van der Waals surface area contributed by atoms with Gasteiger partial charge in [0, 0.05) is 30.6 Å². The highest BCUT2D eigenvalue weighted by molar-refractivity contribution is 5.88. The van der Waals surface area contributed by atoms with Gasteiger partial charge in [-0.25, -0.2) is 0 Å². The highest BCUT2D eigenvalue weighted by atomic mass is 16.5. The van der Waals surface area contributed by atoms with Gasteiger partial charge in [0.05, 0.1) is 11.0 Å². The molecule has 0 aliphatic heterocycles. The lowest BCUT2D eigenvalue weighted by Gasteiger charge is -2.46. The number of fused-ring (bicyclic) bond motifs is 2. The maximum atomic E-state index is 13.4. The number of allylic oxidation sites excluding steroid dienone is 3. The molecule has 1 N–H and O–H groups in total. The van der Waals surface area contributed by atoms with E-state index in [2.05, 4.69) is 6.92 Å². The third-order valence-electron chi connectivity index (χ3n) is 7.64. The minimum absolute atomic E-state index is 0.0419. The van der Waals surface area contributed by atoms with Gasteiger partial charge in [0.1, 0.15) is 11.9 Å². The van der Waals surface area contributed by atoms with Gasteiger partial charge in [0.25, 0.3) is 0 Å². The summed E-state index contributed by atoms with van der Waals surface area (Å²) in [6.07, 6.45) is 7.21. The average Bonchev–Trinajstić information content (AvgIpc) is 2.76. The fourth-order valence-electron chi connectivity index (χ4n) is 5.90. The lowest BCUT2D eigenvalue weighted by molar-refractivity contribution is -0.164. The Labute approximate surface area is 156 Å². The Bertz CT molecular complexity index is 690. The normalized spacial score (nSPS) is 45.0. The number of aliphatic hydroxyl groups is 1. The molecule has 3 rings (SSSR count). The van der Waals surface area contributed by atoms with Gasteiger partial charge in [0.2, 0.25) is 0 Å². The Kier molecular flexibility index (Phi) is 4.50. The molecule has 0 bridgehead atoms. The van der Waals surface area contributed by atoms with E-state index in [4.69, 9.17) is 4.74 Å². The fraction of sp³-hybridized carbons (Fsp3) is 0.727. The number of ether oxygens (including phenoxy) is 1. The Balaban J connectivity index is 2.20. The highest BCUT2D eigenvalue weighted by Crippen LogP contribution is 2.62. The van der Waals surface area contributed by atoms with Gasteiger partial charge < -0.3 is 9.84 Å². The summed E-state index contributed by atoms with van der Waals surface area (Å²) in [6.45, 7) is 11.6. The standard InChI is InChI=1S/C22H32O4/c1-13(2)22(25)11-10-20(5)16(22)12-17(24)21(6)9-7-8-14(3)18(21)19(20)26-15(4)23/h7-9,13,16,18-19,25H,10-12H2,1-6H3/t16-,18?,19+,20+,21?,22-/m1/s1. The fourth-order valence-corrected chi connectivity index (χ4v) is 5.90. The molecule has 0 aromatic heterocycles. The third-order valence-corrected chi connectivity index (χ3v) is 7.64. The lowest BCUT2D eigenvalue weighted by atomic mass is 9.62. The van der Waals surface area contributed by atoms with Crippen LogP contribution in [0, 0.1) is 28.6 Å². The van der Waals surface area contributed by atoms with Crippen LogP contribution in [0.2, 0.25) is 0 Å². The first-order valence-electron chi connectivity index (χ1n) is 9.75. The maximum Gasteiger partial charge on any atom is 0.302 e. The second-order valence-corrected chi connectivity index (χ2v) is 9.39. The van der Waals surface area contributed by atoms with E-state index >= 15 is 0 Å². The first-order valence-corrected chi connectivity index (χ1v) is 9.75. The van der Waals surface area contributed by atoms with Crippen molar-refractivity contribution in [2.45, 2.75) is 72.5 Å². The van der Waals surface area contributed by atoms with Crippen molar-refractivity contribution in [3.63, 3.8) is 0 Å². The van der Waals surface area contributed by atoms with Crippen LogP contribution >= 0.6 is 0 Å². The number of hydrogen-bond donors (Lipinski definition) is 1. The van der Waals surface area contributed by atoms with Gasteiger partial charge in [-0.15, -0.1) is 0 Å². The summed E-state index contributed by atoms with van der Waals surface area (Å²) in [5.41, 5.74) is -0.974. The first kappa shape index (κ1) is 19.3. The number of carbonyl (C=O) groups is 2. The molecule has 2 unspecified atom stereocenters. The van der Waals surface area contributed by atoms with Crippen LogP contribution in [0.25, 0.3) is 0 Å².